The second-order valence-electron chi connectivity index (χ2n) is 5.13. The molecule has 94 valence electrons. The molecule has 0 saturated heterocycles. The van der Waals surface area contributed by atoms with Gasteiger partial charge in [0, 0.05) is 19.1 Å². The van der Waals surface area contributed by atoms with Crippen molar-refractivity contribution in [3.8, 4) is 0 Å². The molecule has 2 rings (SSSR count). The van der Waals surface area contributed by atoms with Crippen LogP contribution in [-0.2, 0) is 13.0 Å². The van der Waals surface area contributed by atoms with Crippen LogP contribution in [-0.4, -0.2) is 24.0 Å². The summed E-state index contributed by atoms with van der Waals surface area (Å²) in [6, 6.07) is 9.19. The summed E-state index contributed by atoms with van der Waals surface area (Å²) in [5.41, 5.74) is 9.10. The lowest BCUT2D eigenvalue weighted by atomic mass is 9.99. The second kappa shape index (κ2) is 6.18. The Kier molecular flexibility index (Phi) is 4.57. The molecule has 0 radical (unpaired) electrons. The van der Waals surface area contributed by atoms with E-state index in [1.54, 1.807) is 0 Å². The summed E-state index contributed by atoms with van der Waals surface area (Å²) in [7, 11) is 0. The first-order valence-corrected chi connectivity index (χ1v) is 6.84. The van der Waals surface area contributed by atoms with Crippen LogP contribution in [0.25, 0.3) is 0 Å². The predicted molar refractivity (Wildman–Crippen MR) is 72.9 cm³/mol. The Morgan fingerprint density at radius 2 is 2.00 bits per heavy atom. The van der Waals surface area contributed by atoms with Gasteiger partial charge in [-0.25, -0.2) is 0 Å². The number of benzene rings is 1. The van der Waals surface area contributed by atoms with Gasteiger partial charge in [-0.2, -0.15) is 0 Å². The Hall–Kier alpha value is -0.860. The molecule has 0 fully saturated rings. The first-order chi connectivity index (χ1) is 8.29. The second-order valence-corrected chi connectivity index (χ2v) is 5.13. The molecule has 2 N–H and O–H groups in total. The fourth-order valence-electron chi connectivity index (χ4n) is 2.61. The highest BCUT2D eigenvalue weighted by molar-refractivity contribution is 5.28. The van der Waals surface area contributed by atoms with Crippen LogP contribution in [0.5, 0.6) is 0 Å². The van der Waals surface area contributed by atoms with E-state index in [1.807, 2.05) is 0 Å². The molecule has 0 amide bonds. The SMILES string of the molecule is CCCC(N)CCN1CCc2ccccc2C1. The van der Waals surface area contributed by atoms with Crippen molar-refractivity contribution in [2.45, 2.75) is 45.2 Å². The summed E-state index contributed by atoms with van der Waals surface area (Å²) in [4.78, 5) is 2.54. The van der Waals surface area contributed by atoms with Crippen LogP contribution in [0.2, 0.25) is 0 Å². The molecule has 1 aromatic rings. The van der Waals surface area contributed by atoms with Crippen LogP contribution >= 0.6 is 0 Å². The molecule has 17 heavy (non-hydrogen) atoms. The van der Waals surface area contributed by atoms with E-state index < -0.39 is 0 Å². The van der Waals surface area contributed by atoms with Crippen molar-refractivity contribution in [2.24, 2.45) is 5.73 Å². The predicted octanol–water partition coefficient (Wildman–Crippen LogP) is 2.56. The zero-order valence-electron chi connectivity index (χ0n) is 10.9. The first-order valence-electron chi connectivity index (χ1n) is 6.84. The van der Waals surface area contributed by atoms with Crippen molar-refractivity contribution in [3.05, 3.63) is 35.4 Å². The van der Waals surface area contributed by atoms with Crippen molar-refractivity contribution in [2.75, 3.05) is 13.1 Å². The van der Waals surface area contributed by atoms with Crippen LogP contribution in [0.15, 0.2) is 24.3 Å². The summed E-state index contributed by atoms with van der Waals surface area (Å²) in [5.74, 6) is 0. The average Bonchev–Trinajstić information content (AvgIpc) is 2.36. The Morgan fingerprint density at radius 1 is 1.24 bits per heavy atom. The molecule has 0 aromatic heterocycles. The van der Waals surface area contributed by atoms with Crippen LogP contribution in [0.1, 0.15) is 37.3 Å². The molecule has 1 unspecified atom stereocenters. The number of nitrogens with zero attached hydrogens (tertiary/aromatic N) is 1. The maximum atomic E-state index is 6.07. The third kappa shape index (κ3) is 3.55. The maximum absolute atomic E-state index is 6.07. The standard InChI is InChI=1S/C15H24N2/c1-2-5-15(16)9-11-17-10-8-13-6-3-4-7-14(13)12-17/h3-4,6-7,15H,2,5,8-12,16H2,1H3. The molecular weight excluding hydrogens is 208 g/mol. The van der Waals surface area contributed by atoms with Crippen LogP contribution in [0, 0.1) is 0 Å². The first kappa shape index (κ1) is 12.6. The van der Waals surface area contributed by atoms with Gasteiger partial charge >= 0.3 is 0 Å². The third-order valence-electron chi connectivity index (χ3n) is 3.69. The van der Waals surface area contributed by atoms with Crippen molar-refractivity contribution in [1.82, 2.24) is 4.90 Å². The Balaban J connectivity index is 1.82. The summed E-state index contributed by atoms with van der Waals surface area (Å²) in [5, 5.41) is 0. The van der Waals surface area contributed by atoms with Gasteiger partial charge in [-0.15, -0.1) is 0 Å². The summed E-state index contributed by atoms with van der Waals surface area (Å²) in [6.45, 7) is 5.65. The molecule has 1 heterocycles. The van der Waals surface area contributed by atoms with Gasteiger partial charge < -0.3 is 5.73 Å². The maximum Gasteiger partial charge on any atom is 0.0236 e. The van der Waals surface area contributed by atoms with Gasteiger partial charge in [0.2, 0.25) is 0 Å². The molecule has 2 heteroatoms. The lowest BCUT2D eigenvalue weighted by molar-refractivity contribution is 0.242. The fourth-order valence-corrected chi connectivity index (χ4v) is 2.61. The topological polar surface area (TPSA) is 29.3 Å². The lowest BCUT2D eigenvalue weighted by Crippen LogP contribution is -2.34. The highest BCUT2D eigenvalue weighted by atomic mass is 15.1. The molecule has 1 aromatic carbocycles. The van der Waals surface area contributed by atoms with Crippen LogP contribution < -0.4 is 5.73 Å². The van der Waals surface area contributed by atoms with Gasteiger partial charge in [0.05, 0.1) is 0 Å². The monoisotopic (exact) mass is 232 g/mol. The van der Waals surface area contributed by atoms with Crippen LogP contribution in [0.3, 0.4) is 0 Å². The zero-order valence-corrected chi connectivity index (χ0v) is 10.9. The van der Waals surface area contributed by atoms with Gasteiger partial charge in [-0.3, -0.25) is 4.90 Å². The largest absolute Gasteiger partial charge is 0.328 e. The van der Waals surface area contributed by atoms with Gasteiger partial charge in [0.25, 0.3) is 0 Å². The van der Waals surface area contributed by atoms with E-state index in [0.717, 1.165) is 25.9 Å². The molecule has 0 bridgehead atoms. The molecular formula is C15H24N2. The van der Waals surface area contributed by atoms with E-state index in [4.69, 9.17) is 5.73 Å². The van der Waals surface area contributed by atoms with E-state index in [2.05, 4.69) is 36.1 Å². The van der Waals surface area contributed by atoms with Gasteiger partial charge in [-0.1, -0.05) is 37.6 Å². The summed E-state index contributed by atoms with van der Waals surface area (Å²) < 4.78 is 0. The highest BCUT2D eigenvalue weighted by Crippen LogP contribution is 2.18. The smallest absolute Gasteiger partial charge is 0.0236 e. The molecule has 1 aliphatic heterocycles. The van der Waals surface area contributed by atoms with Crippen molar-refractivity contribution in [3.63, 3.8) is 0 Å². The number of hydrogen-bond acceptors (Lipinski definition) is 2. The minimum atomic E-state index is 0.386. The van der Waals surface area contributed by atoms with E-state index in [1.165, 1.54) is 30.5 Å². The van der Waals surface area contributed by atoms with E-state index in [0.29, 0.717) is 6.04 Å². The minimum absolute atomic E-state index is 0.386. The van der Waals surface area contributed by atoms with Gasteiger partial charge in [0.15, 0.2) is 0 Å². The Morgan fingerprint density at radius 3 is 2.76 bits per heavy atom. The molecule has 0 aliphatic carbocycles. The Bertz CT molecular complexity index is 349. The van der Waals surface area contributed by atoms with E-state index in [-0.39, 0.29) is 0 Å². The quantitative estimate of drug-likeness (QED) is 0.845. The van der Waals surface area contributed by atoms with Gasteiger partial charge in [0.1, 0.15) is 0 Å². The van der Waals surface area contributed by atoms with E-state index >= 15 is 0 Å². The van der Waals surface area contributed by atoms with Crippen molar-refractivity contribution >= 4 is 0 Å². The number of nitrogens with two attached hydrogens (primary N) is 1. The van der Waals surface area contributed by atoms with Crippen molar-refractivity contribution in [1.29, 1.82) is 0 Å². The lowest BCUT2D eigenvalue weighted by Gasteiger charge is -2.29. The van der Waals surface area contributed by atoms with E-state index in [9.17, 15) is 0 Å². The zero-order chi connectivity index (χ0) is 12.1. The average molecular weight is 232 g/mol. The van der Waals surface area contributed by atoms with Crippen molar-refractivity contribution < 1.29 is 0 Å². The van der Waals surface area contributed by atoms with Crippen LogP contribution in [0.4, 0.5) is 0 Å². The summed E-state index contributed by atoms with van der Waals surface area (Å²) >= 11 is 0. The number of fused-ring (bicyclic) bond motifs is 1. The minimum Gasteiger partial charge on any atom is -0.328 e. The highest BCUT2D eigenvalue weighted by Gasteiger charge is 2.15. The molecule has 0 spiro atoms. The Labute approximate surface area is 105 Å². The third-order valence-corrected chi connectivity index (χ3v) is 3.69. The molecule has 1 atom stereocenters. The molecule has 2 nitrogen and oxygen atoms in total. The number of rotatable bonds is 5. The number of hydrogen-bond donors (Lipinski definition) is 1. The van der Waals surface area contributed by atoms with Gasteiger partial charge in [-0.05, 0) is 36.9 Å². The fraction of sp³-hybridized carbons (Fsp3) is 0.600. The molecule has 1 aliphatic rings. The normalized spacial score (nSPS) is 17.8. The molecule has 0 saturated carbocycles. The summed E-state index contributed by atoms with van der Waals surface area (Å²) in [6.07, 6.45) is 4.68.